The summed E-state index contributed by atoms with van der Waals surface area (Å²) < 4.78 is 10.8. The summed E-state index contributed by atoms with van der Waals surface area (Å²) in [5, 5.41) is 7.04. The van der Waals surface area contributed by atoms with E-state index >= 15 is 0 Å². The second kappa shape index (κ2) is 7.92. The van der Waals surface area contributed by atoms with Crippen LogP contribution in [0.3, 0.4) is 0 Å². The van der Waals surface area contributed by atoms with Gasteiger partial charge in [0.15, 0.2) is 0 Å². The zero-order valence-corrected chi connectivity index (χ0v) is 15.3. The third-order valence-corrected chi connectivity index (χ3v) is 4.33. The van der Waals surface area contributed by atoms with Gasteiger partial charge in [0.25, 0.3) is 11.8 Å². The van der Waals surface area contributed by atoms with Gasteiger partial charge in [0.05, 0.1) is 17.4 Å². The monoisotopic (exact) mass is 373 g/mol. The maximum atomic E-state index is 12.8. The van der Waals surface area contributed by atoms with Crippen LogP contribution in [0.25, 0.3) is 22.8 Å². The molecule has 1 atom stereocenters. The second-order valence-electron chi connectivity index (χ2n) is 6.49. The first kappa shape index (κ1) is 17.7. The van der Waals surface area contributed by atoms with E-state index in [1.807, 2.05) is 61.5 Å². The Morgan fingerprint density at radius 3 is 2.61 bits per heavy atom. The van der Waals surface area contributed by atoms with Crippen LogP contribution in [-0.4, -0.2) is 22.1 Å². The Morgan fingerprint density at radius 2 is 1.82 bits per heavy atom. The van der Waals surface area contributed by atoms with Crippen molar-refractivity contribution in [3.8, 4) is 22.8 Å². The zero-order chi connectivity index (χ0) is 19.3. The third kappa shape index (κ3) is 3.86. The molecule has 6 heteroatoms. The van der Waals surface area contributed by atoms with Crippen LogP contribution >= 0.6 is 0 Å². The molecule has 0 aliphatic rings. The van der Waals surface area contributed by atoms with Crippen molar-refractivity contribution >= 4 is 5.91 Å². The van der Waals surface area contributed by atoms with Crippen LogP contribution in [0.4, 0.5) is 0 Å². The van der Waals surface area contributed by atoms with E-state index < -0.39 is 0 Å². The third-order valence-electron chi connectivity index (χ3n) is 4.33. The average Bonchev–Trinajstić information content (AvgIpc) is 3.40. The van der Waals surface area contributed by atoms with Gasteiger partial charge in [-0.2, -0.15) is 4.98 Å². The summed E-state index contributed by atoms with van der Waals surface area (Å²) in [6.45, 7) is 1.93. The molecule has 1 amide bonds. The molecule has 0 unspecified atom stereocenters. The number of nitrogens with one attached hydrogen (secondary N) is 1. The number of aromatic nitrogens is 2. The number of carbonyl (C=O) groups is 1. The van der Waals surface area contributed by atoms with E-state index in [1.165, 1.54) is 0 Å². The fraction of sp³-hybridized carbons (Fsp3) is 0.136. The second-order valence-corrected chi connectivity index (χ2v) is 6.49. The molecule has 0 fully saturated rings. The first-order valence-electron chi connectivity index (χ1n) is 9.02. The van der Waals surface area contributed by atoms with Crippen LogP contribution < -0.4 is 5.32 Å². The number of benzene rings is 2. The Kier molecular flexibility index (Phi) is 5.01. The van der Waals surface area contributed by atoms with Crippen LogP contribution in [0, 0.1) is 0 Å². The summed E-state index contributed by atoms with van der Waals surface area (Å²) in [4.78, 5) is 17.3. The molecule has 1 N–H and O–H groups in total. The molecular formula is C22H19N3O3. The molecule has 0 saturated carbocycles. The van der Waals surface area contributed by atoms with Crippen molar-refractivity contribution in [3.05, 3.63) is 84.3 Å². The largest absolute Gasteiger partial charge is 0.469 e. The van der Waals surface area contributed by atoms with Crippen molar-refractivity contribution in [1.82, 2.24) is 15.5 Å². The molecule has 28 heavy (non-hydrogen) atoms. The smallest absolute Gasteiger partial charge is 0.259 e. The number of hydrogen-bond donors (Lipinski definition) is 1. The van der Waals surface area contributed by atoms with Gasteiger partial charge in [-0.1, -0.05) is 47.6 Å². The first-order valence-corrected chi connectivity index (χ1v) is 9.02. The molecule has 4 rings (SSSR count). The molecule has 0 aliphatic heterocycles. The summed E-state index contributed by atoms with van der Waals surface area (Å²) in [7, 11) is 0. The topological polar surface area (TPSA) is 81.2 Å². The summed E-state index contributed by atoms with van der Waals surface area (Å²) in [5.41, 5.74) is 1.93. The van der Waals surface area contributed by atoms with Crippen LogP contribution in [0.15, 0.2) is 81.9 Å². The number of amides is 1. The van der Waals surface area contributed by atoms with Crippen LogP contribution in [0.5, 0.6) is 0 Å². The number of furan rings is 1. The lowest BCUT2D eigenvalue weighted by Gasteiger charge is -2.13. The van der Waals surface area contributed by atoms with Crippen molar-refractivity contribution in [2.45, 2.75) is 19.4 Å². The molecule has 0 spiro atoms. The maximum absolute atomic E-state index is 12.8. The summed E-state index contributed by atoms with van der Waals surface area (Å²) >= 11 is 0. The summed E-state index contributed by atoms with van der Waals surface area (Å²) in [5.74, 6) is 1.42. The van der Waals surface area contributed by atoms with Gasteiger partial charge in [0.2, 0.25) is 5.82 Å². The van der Waals surface area contributed by atoms with E-state index in [2.05, 4.69) is 15.5 Å². The zero-order valence-electron chi connectivity index (χ0n) is 15.3. The standard InChI is InChI=1S/C22H19N3O3/c1-15(14-17-10-7-13-27-17)23-21(26)18-11-5-6-12-19(18)22-24-20(25-28-22)16-8-3-2-4-9-16/h2-13,15H,14H2,1H3,(H,23,26)/t15-/m0/s1. The molecule has 0 bridgehead atoms. The summed E-state index contributed by atoms with van der Waals surface area (Å²) in [6.07, 6.45) is 2.23. The van der Waals surface area contributed by atoms with Crippen LogP contribution in [0.1, 0.15) is 23.0 Å². The molecule has 0 radical (unpaired) electrons. The fourth-order valence-corrected chi connectivity index (χ4v) is 2.99. The lowest BCUT2D eigenvalue weighted by atomic mass is 10.1. The molecule has 2 aromatic heterocycles. The van der Waals surface area contributed by atoms with E-state index in [0.717, 1.165) is 11.3 Å². The minimum atomic E-state index is -0.200. The minimum Gasteiger partial charge on any atom is -0.469 e. The van der Waals surface area contributed by atoms with Crippen molar-refractivity contribution in [1.29, 1.82) is 0 Å². The van der Waals surface area contributed by atoms with Gasteiger partial charge in [-0.3, -0.25) is 4.79 Å². The average molecular weight is 373 g/mol. The number of rotatable bonds is 6. The Balaban J connectivity index is 1.55. The predicted octanol–water partition coefficient (Wildman–Crippen LogP) is 4.36. The van der Waals surface area contributed by atoms with Crippen molar-refractivity contribution in [2.75, 3.05) is 0 Å². The SMILES string of the molecule is C[C@@H](Cc1ccco1)NC(=O)c1ccccc1-c1nc(-c2ccccc2)no1. The summed E-state index contributed by atoms with van der Waals surface area (Å²) in [6, 6.07) is 20.4. The lowest BCUT2D eigenvalue weighted by molar-refractivity contribution is 0.0939. The Hall–Kier alpha value is -3.67. The van der Waals surface area contributed by atoms with Gasteiger partial charge in [0, 0.05) is 18.0 Å². The van der Waals surface area contributed by atoms with E-state index in [1.54, 1.807) is 18.4 Å². The van der Waals surface area contributed by atoms with Crippen LogP contribution in [0.2, 0.25) is 0 Å². The number of nitrogens with zero attached hydrogens (tertiary/aromatic N) is 2. The molecule has 140 valence electrons. The van der Waals surface area contributed by atoms with Gasteiger partial charge in [-0.05, 0) is 31.2 Å². The van der Waals surface area contributed by atoms with Gasteiger partial charge in [-0.15, -0.1) is 0 Å². The van der Waals surface area contributed by atoms with Crippen molar-refractivity contribution in [3.63, 3.8) is 0 Å². The van der Waals surface area contributed by atoms with Crippen molar-refractivity contribution in [2.24, 2.45) is 0 Å². The predicted molar refractivity (Wildman–Crippen MR) is 105 cm³/mol. The van der Waals surface area contributed by atoms with Gasteiger partial charge in [-0.25, -0.2) is 0 Å². The van der Waals surface area contributed by atoms with Gasteiger partial charge >= 0.3 is 0 Å². The van der Waals surface area contributed by atoms with E-state index in [-0.39, 0.29) is 11.9 Å². The number of hydrogen-bond acceptors (Lipinski definition) is 5. The van der Waals surface area contributed by atoms with E-state index in [4.69, 9.17) is 8.94 Å². The number of carbonyl (C=O) groups excluding carboxylic acids is 1. The first-order chi connectivity index (χ1) is 13.7. The van der Waals surface area contributed by atoms with E-state index in [9.17, 15) is 4.79 Å². The highest BCUT2D eigenvalue weighted by Crippen LogP contribution is 2.25. The highest BCUT2D eigenvalue weighted by atomic mass is 16.5. The normalized spacial score (nSPS) is 11.9. The van der Waals surface area contributed by atoms with Gasteiger partial charge in [0.1, 0.15) is 5.76 Å². The Morgan fingerprint density at radius 1 is 1.04 bits per heavy atom. The Labute approximate surface area is 162 Å². The molecule has 0 saturated heterocycles. The lowest BCUT2D eigenvalue weighted by Crippen LogP contribution is -2.34. The quantitative estimate of drug-likeness (QED) is 0.543. The van der Waals surface area contributed by atoms with Crippen molar-refractivity contribution < 1.29 is 13.7 Å². The highest BCUT2D eigenvalue weighted by molar-refractivity contribution is 6.00. The van der Waals surface area contributed by atoms with Crippen LogP contribution in [-0.2, 0) is 6.42 Å². The maximum Gasteiger partial charge on any atom is 0.259 e. The Bertz CT molecular complexity index is 1060. The molecule has 2 aromatic carbocycles. The molecule has 6 nitrogen and oxygen atoms in total. The van der Waals surface area contributed by atoms with Gasteiger partial charge < -0.3 is 14.3 Å². The minimum absolute atomic E-state index is 0.0886. The molecule has 2 heterocycles. The molecule has 0 aliphatic carbocycles. The fourth-order valence-electron chi connectivity index (χ4n) is 2.99. The molecular weight excluding hydrogens is 354 g/mol. The highest BCUT2D eigenvalue weighted by Gasteiger charge is 2.19. The van der Waals surface area contributed by atoms with E-state index in [0.29, 0.717) is 29.3 Å². The molecule has 4 aromatic rings.